The van der Waals surface area contributed by atoms with Gasteiger partial charge in [-0.05, 0) is 31.3 Å². The van der Waals surface area contributed by atoms with Gasteiger partial charge < -0.3 is 20.1 Å². The second-order valence-electron chi connectivity index (χ2n) is 3.83. The number of nitrogens with one attached hydrogen (secondary N) is 2. The van der Waals surface area contributed by atoms with Crippen LogP contribution in [0.4, 0.5) is 14.5 Å². The molecule has 1 rings (SSSR count). The molecule has 0 aliphatic heterocycles. The highest BCUT2D eigenvalue weighted by molar-refractivity contribution is 7.80. The summed E-state index contributed by atoms with van der Waals surface area (Å²) in [6.45, 7) is -0.507. The van der Waals surface area contributed by atoms with Gasteiger partial charge in [-0.25, -0.2) is 0 Å². The summed E-state index contributed by atoms with van der Waals surface area (Å²) in [6, 6.07) is 6.35. The Morgan fingerprint density at radius 3 is 2.68 bits per heavy atom. The van der Waals surface area contributed by atoms with E-state index in [1.54, 1.807) is 25.3 Å². The molecule has 1 atom stereocenters. The van der Waals surface area contributed by atoms with Gasteiger partial charge in [0.25, 0.3) is 0 Å². The number of rotatable bonds is 6. The zero-order valence-electron chi connectivity index (χ0n) is 10.7. The number of benzene rings is 1. The van der Waals surface area contributed by atoms with Crippen LogP contribution >= 0.6 is 12.2 Å². The minimum absolute atomic E-state index is 0.00757. The van der Waals surface area contributed by atoms with Crippen molar-refractivity contribution < 1.29 is 18.3 Å². The van der Waals surface area contributed by atoms with Gasteiger partial charge in [0.15, 0.2) is 5.11 Å². The Balaban J connectivity index is 2.63. The van der Waals surface area contributed by atoms with Crippen LogP contribution in [-0.4, -0.2) is 31.5 Å². The minimum Gasteiger partial charge on any atom is -0.433 e. The van der Waals surface area contributed by atoms with E-state index in [0.29, 0.717) is 17.4 Å². The lowest BCUT2D eigenvalue weighted by molar-refractivity contribution is -0.0493. The molecule has 0 saturated heterocycles. The number of anilines is 1. The van der Waals surface area contributed by atoms with Crippen molar-refractivity contribution >= 4 is 23.0 Å². The predicted octanol–water partition coefficient (Wildman–Crippen LogP) is 2.61. The Morgan fingerprint density at radius 2 is 2.05 bits per heavy atom. The van der Waals surface area contributed by atoms with Crippen molar-refractivity contribution in [3.8, 4) is 5.75 Å². The summed E-state index contributed by atoms with van der Waals surface area (Å²) >= 11 is 5.08. The molecule has 0 spiro atoms. The Hall–Kier alpha value is -1.47. The normalized spacial score (nSPS) is 12.1. The third-order valence-electron chi connectivity index (χ3n) is 2.15. The van der Waals surface area contributed by atoms with Crippen molar-refractivity contribution in [1.82, 2.24) is 5.32 Å². The van der Waals surface area contributed by atoms with Gasteiger partial charge in [-0.3, -0.25) is 0 Å². The van der Waals surface area contributed by atoms with Crippen LogP contribution in [0.2, 0.25) is 0 Å². The average molecular weight is 290 g/mol. The van der Waals surface area contributed by atoms with Crippen molar-refractivity contribution in [2.24, 2.45) is 0 Å². The third kappa shape index (κ3) is 5.80. The molecular formula is C12H16F2N2O2S. The van der Waals surface area contributed by atoms with Gasteiger partial charge in [0, 0.05) is 13.2 Å². The lowest BCUT2D eigenvalue weighted by Gasteiger charge is -2.17. The van der Waals surface area contributed by atoms with Gasteiger partial charge >= 0.3 is 6.61 Å². The molecule has 0 aromatic heterocycles. The van der Waals surface area contributed by atoms with Crippen LogP contribution in [0.25, 0.3) is 0 Å². The van der Waals surface area contributed by atoms with E-state index in [1.165, 1.54) is 6.07 Å². The second-order valence-corrected chi connectivity index (χ2v) is 4.24. The number of para-hydroxylation sites is 2. The lowest BCUT2D eigenvalue weighted by atomic mass is 10.3. The first-order valence-corrected chi connectivity index (χ1v) is 6.04. The molecule has 0 bridgehead atoms. The molecule has 0 saturated carbocycles. The van der Waals surface area contributed by atoms with Crippen LogP contribution < -0.4 is 15.4 Å². The van der Waals surface area contributed by atoms with E-state index in [-0.39, 0.29) is 11.8 Å². The van der Waals surface area contributed by atoms with Gasteiger partial charge in [0.2, 0.25) is 0 Å². The van der Waals surface area contributed by atoms with E-state index in [1.807, 2.05) is 6.92 Å². The molecule has 1 aromatic rings. The summed E-state index contributed by atoms with van der Waals surface area (Å²) < 4.78 is 33.8. The molecule has 1 unspecified atom stereocenters. The van der Waals surface area contributed by atoms with Crippen LogP contribution in [0.5, 0.6) is 5.75 Å². The molecule has 19 heavy (non-hydrogen) atoms. The van der Waals surface area contributed by atoms with Crippen molar-refractivity contribution in [3.05, 3.63) is 24.3 Å². The predicted molar refractivity (Wildman–Crippen MR) is 73.8 cm³/mol. The van der Waals surface area contributed by atoms with Gasteiger partial charge in [-0.2, -0.15) is 8.78 Å². The van der Waals surface area contributed by atoms with Crippen molar-refractivity contribution in [2.45, 2.75) is 19.6 Å². The summed E-state index contributed by atoms with van der Waals surface area (Å²) in [5, 5.41) is 6.09. The summed E-state index contributed by atoms with van der Waals surface area (Å²) in [4.78, 5) is 0. The maximum Gasteiger partial charge on any atom is 0.387 e. The number of ether oxygens (including phenoxy) is 2. The first-order chi connectivity index (χ1) is 9.02. The maximum absolute atomic E-state index is 12.2. The van der Waals surface area contributed by atoms with Gasteiger partial charge in [-0.1, -0.05) is 12.1 Å². The van der Waals surface area contributed by atoms with Crippen molar-refractivity contribution in [3.63, 3.8) is 0 Å². The van der Waals surface area contributed by atoms with Crippen molar-refractivity contribution in [1.29, 1.82) is 0 Å². The quantitative estimate of drug-likeness (QED) is 0.788. The first kappa shape index (κ1) is 15.6. The zero-order chi connectivity index (χ0) is 14.3. The average Bonchev–Trinajstić information content (AvgIpc) is 2.31. The fourth-order valence-electron chi connectivity index (χ4n) is 1.44. The smallest absolute Gasteiger partial charge is 0.387 e. The van der Waals surface area contributed by atoms with Crippen LogP contribution in [0.15, 0.2) is 24.3 Å². The summed E-state index contributed by atoms with van der Waals surface area (Å²) in [7, 11) is 1.58. The molecule has 2 N–H and O–H groups in total. The number of methoxy groups -OCH3 is 1. The number of thiocarbonyl (C=S) groups is 1. The molecule has 106 valence electrons. The Labute approximate surface area is 116 Å². The van der Waals surface area contributed by atoms with E-state index in [4.69, 9.17) is 17.0 Å². The van der Waals surface area contributed by atoms with E-state index < -0.39 is 6.61 Å². The fourth-order valence-corrected chi connectivity index (χ4v) is 1.75. The van der Waals surface area contributed by atoms with Crippen LogP contribution in [0.3, 0.4) is 0 Å². The topological polar surface area (TPSA) is 42.5 Å². The van der Waals surface area contributed by atoms with E-state index in [2.05, 4.69) is 15.4 Å². The molecule has 7 heteroatoms. The molecule has 0 aliphatic rings. The number of hydrogen-bond acceptors (Lipinski definition) is 3. The summed E-state index contributed by atoms with van der Waals surface area (Å²) in [5.74, 6) is 0.0426. The molecule has 0 heterocycles. The monoisotopic (exact) mass is 290 g/mol. The highest BCUT2D eigenvalue weighted by atomic mass is 32.1. The number of alkyl halides is 2. The molecule has 4 nitrogen and oxygen atoms in total. The number of halogens is 2. The van der Waals surface area contributed by atoms with E-state index in [0.717, 1.165) is 0 Å². The van der Waals surface area contributed by atoms with Crippen LogP contribution in [-0.2, 0) is 4.74 Å². The standard InChI is InChI=1S/C12H16F2N2O2S/c1-8(7-17-2)15-12(19)16-9-5-3-4-6-10(9)18-11(13)14/h3-6,8,11H,7H2,1-2H3,(H2,15,16,19). The summed E-state index contributed by atoms with van der Waals surface area (Å²) in [6.07, 6.45) is 0. The molecule has 1 aromatic carbocycles. The van der Waals surface area contributed by atoms with Crippen LogP contribution in [0, 0.1) is 0 Å². The Morgan fingerprint density at radius 1 is 1.37 bits per heavy atom. The zero-order valence-corrected chi connectivity index (χ0v) is 11.5. The Kier molecular flexibility index (Phi) is 6.44. The SMILES string of the molecule is COCC(C)NC(=S)Nc1ccccc1OC(F)F. The maximum atomic E-state index is 12.2. The van der Waals surface area contributed by atoms with E-state index in [9.17, 15) is 8.78 Å². The third-order valence-corrected chi connectivity index (χ3v) is 2.37. The van der Waals surface area contributed by atoms with Gasteiger partial charge in [0.1, 0.15) is 5.75 Å². The number of hydrogen-bond donors (Lipinski definition) is 2. The van der Waals surface area contributed by atoms with E-state index >= 15 is 0 Å². The Bertz CT molecular complexity index is 418. The molecule has 0 fully saturated rings. The molecule has 0 radical (unpaired) electrons. The van der Waals surface area contributed by atoms with Gasteiger partial charge in [-0.15, -0.1) is 0 Å². The second kappa shape index (κ2) is 7.85. The van der Waals surface area contributed by atoms with Crippen LogP contribution in [0.1, 0.15) is 6.92 Å². The largest absolute Gasteiger partial charge is 0.433 e. The molecule has 0 amide bonds. The lowest BCUT2D eigenvalue weighted by Crippen LogP contribution is -2.38. The van der Waals surface area contributed by atoms with Crippen molar-refractivity contribution in [2.75, 3.05) is 19.0 Å². The minimum atomic E-state index is -2.88. The highest BCUT2D eigenvalue weighted by Gasteiger charge is 2.10. The fraction of sp³-hybridized carbons (Fsp3) is 0.417. The molecule has 0 aliphatic carbocycles. The molecular weight excluding hydrogens is 274 g/mol. The highest BCUT2D eigenvalue weighted by Crippen LogP contribution is 2.25. The summed E-state index contributed by atoms with van der Waals surface area (Å²) in [5.41, 5.74) is 0.380. The van der Waals surface area contributed by atoms with Gasteiger partial charge in [0.05, 0.1) is 12.3 Å². The first-order valence-electron chi connectivity index (χ1n) is 5.63.